The third kappa shape index (κ3) is 12.3. The maximum Gasteiger partial charge on any atom is 0.373 e. The molecule has 2 amide bonds. The summed E-state index contributed by atoms with van der Waals surface area (Å²) in [4.78, 5) is 41.0. The minimum atomic E-state index is -1.77. The van der Waals surface area contributed by atoms with E-state index in [1.807, 2.05) is 13.8 Å². The molecule has 2 rings (SSSR count). The van der Waals surface area contributed by atoms with Gasteiger partial charge in [0.25, 0.3) is 0 Å². The van der Waals surface area contributed by atoms with Crippen molar-refractivity contribution in [3.8, 4) is 0 Å². The van der Waals surface area contributed by atoms with Crippen LogP contribution < -0.4 is 10.6 Å². The molecule has 5 unspecified atom stereocenters. The minimum Gasteiger partial charge on any atom is -0.394 e. The third-order valence-corrected chi connectivity index (χ3v) is 7.52. The molecule has 0 saturated carbocycles. The van der Waals surface area contributed by atoms with Gasteiger partial charge in [0.2, 0.25) is 11.8 Å². The van der Waals surface area contributed by atoms with E-state index in [9.17, 15) is 45.3 Å². The quantitative estimate of drug-likeness (QED) is 0.0718. The standard InChI is InChI=1S/C24H44N2O13S.CO2/c1-3-5-6-15(29)26-12(11-40-4-2)22(35)25-7-8-36-23-20(34)18(32)21(14(10-28)38-23)39-24-19(33)17(31)16(30)13(9-27)37-24;2-1-3/h12-14,16-21,23-24,27-28,30-34H,3-11H2,1-2H3,(H,25,35)(H,26,29);/t12?,13?,14?,16-,17+,18-,19?,20?,21-,23-,24-;/m1./s1. The average molecular weight is 645 g/mol. The van der Waals surface area contributed by atoms with E-state index >= 15 is 0 Å². The molecule has 18 heteroatoms. The highest BCUT2D eigenvalue weighted by atomic mass is 32.2. The Balaban J connectivity index is 0.00000295. The highest BCUT2D eigenvalue weighted by Gasteiger charge is 2.50. The first kappa shape index (κ1) is 39.3. The SMILES string of the molecule is CCCCC(=O)NC(CSCC)C(=O)NCCO[C@@H]1OC(CO)[C@@H](O[C@H]2OC(CO)[C@@H](O)[C@H](O)C2O)[C@H](O)C1O.O=C=O. The van der Waals surface area contributed by atoms with Crippen molar-refractivity contribution in [1.29, 1.82) is 0 Å². The summed E-state index contributed by atoms with van der Waals surface area (Å²) in [6.45, 7) is 2.36. The fraction of sp³-hybridized carbons (Fsp3) is 0.880. The van der Waals surface area contributed by atoms with Gasteiger partial charge in [0.15, 0.2) is 12.6 Å². The van der Waals surface area contributed by atoms with Crippen LogP contribution in [0.5, 0.6) is 0 Å². The van der Waals surface area contributed by atoms with Crippen LogP contribution in [-0.4, -0.2) is 159 Å². The van der Waals surface area contributed by atoms with Gasteiger partial charge < -0.3 is 65.3 Å². The summed E-state index contributed by atoms with van der Waals surface area (Å²) in [6, 6.07) is -0.730. The highest BCUT2D eigenvalue weighted by Crippen LogP contribution is 2.29. The average Bonchev–Trinajstić information content (AvgIpc) is 2.99. The highest BCUT2D eigenvalue weighted by molar-refractivity contribution is 7.99. The summed E-state index contributed by atoms with van der Waals surface area (Å²) in [7, 11) is 0. The van der Waals surface area contributed by atoms with Crippen molar-refractivity contribution >= 4 is 29.7 Å². The van der Waals surface area contributed by atoms with Crippen molar-refractivity contribution in [1.82, 2.24) is 10.6 Å². The number of aliphatic hydroxyl groups is 7. The second-order valence-corrected chi connectivity index (χ2v) is 11.0. The molecule has 250 valence electrons. The lowest BCUT2D eigenvalue weighted by Gasteiger charge is -2.45. The first-order chi connectivity index (χ1) is 20.5. The summed E-state index contributed by atoms with van der Waals surface area (Å²) in [5.74, 6) is 0.550. The molecule has 0 aromatic carbocycles. The van der Waals surface area contributed by atoms with E-state index in [4.69, 9.17) is 28.5 Å². The molecule has 9 N–H and O–H groups in total. The summed E-state index contributed by atoms with van der Waals surface area (Å²) in [5, 5.41) is 75.8. The van der Waals surface area contributed by atoms with Crippen molar-refractivity contribution in [3.05, 3.63) is 0 Å². The Morgan fingerprint density at radius 3 is 2.09 bits per heavy atom. The van der Waals surface area contributed by atoms with Gasteiger partial charge in [-0.25, -0.2) is 0 Å². The van der Waals surface area contributed by atoms with Crippen molar-refractivity contribution in [2.45, 2.75) is 101 Å². The van der Waals surface area contributed by atoms with Crippen LogP contribution in [0.25, 0.3) is 0 Å². The second-order valence-electron chi connectivity index (χ2n) is 9.63. The lowest BCUT2D eigenvalue weighted by molar-refractivity contribution is -0.359. The summed E-state index contributed by atoms with van der Waals surface area (Å²) in [6.07, 6.45) is -13.4. The Bertz CT molecular complexity index is 847. The van der Waals surface area contributed by atoms with Crippen LogP contribution in [0.2, 0.25) is 0 Å². The van der Waals surface area contributed by atoms with Crippen LogP contribution >= 0.6 is 11.8 Å². The Labute approximate surface area is 252 Å². The van der Waals surface area contributed by atoms with E-state index in [-0.39, 0.29) is 25.2 Å². The van der Waals surface area contributed by atoms with Gasteiger partial charge in [0.05, 0.1) is 19.8 Å². The molecular formula is C25H44N2O15S. The van der Waals surface area contributed by atoms with E-state index in [1.165, 1.54) is 11.8 Å². The maximum atomic E-state index is 12.6. The molecule has 2 aliphatic heterocycles. The van der Waals surface area contributed by atoms with Gasteiger partial charge in [-0.1, -0.05) is 20.3 Å². The Kier molecular flexibility index (Phi) is 19.2. The number of hydrogen-bond acceptors (Lipinski definition) is 16. The Morgan fingerprint density at radius 1 is 0.907 bits per heavy atom. The van der Waals surface area contributed by atoms with Crippen LogP contribution in [0.1, 0.15) is 33.1 Å². The molecule has 2 heterocycles. The first-order valence-electron chi connectivity index (χ1n) is 13.8. The molecule has 11 atom stereocenters. The lowest BCUT2D eigenvalue weighted by atomic mass is 9.97. The zero-order valence-corrected chi connectivity index (χ0v) is 24.8. The smallest absolute Gasteiger partial charge is 0.373 e. The number of unbranched alkanes of at least 4 members (excludes halogenated alkanes) is 1. The zero-order chi connectivity index (χ0) is 32.5. The van der Waals surface area contributed by atoms with E-state index < -0.39 is 86.6 Å². The van der Waals surface area contributed by atoms with E-state index in [0.29, 0.717) is 18.6 Å². The minimum absolute atomic E-state index is 0.00573. The summed E-state index contributed by atoms with van der Waals surface area (Å²) in [5.41, 5.74) is 0. The molecule has 43 heavy (non-hydrogen) atoms. The van der Waals surface area contributed by atoms with Crippen molar-refractivity contribution in [2.75, 3.05) is 37.9 Å². The molecule has 2 aliphatic rings. The summed E-state index contributed by atoms with van der Waals surface area (Å²) < 4.78 is 21.8. The van der Waals surface area contributed by atoms with Crippen molar-refractivity contribution in [2.24, 2.45) is 0 Å². The topological polar surface area (TPSA) is 271 Å². The largest absolute Gasteiger partial charge is 0.394 e. The number of hydrogen-bond donors (Lipinski definition) is 9. The molecule has 0 aromatic heterocycles. The first-order valence-corrected chi connectivity index (χ1v) is 15.0. The number of carbonyl (C=O) groups is 2. The van der Waals surface area contributed by atoms with E-state index in [0.717, 1.165) is 12.2 Å². The molecule has 0 aromatic rings. The molecule has 0 aliphatic carbocycles. The van der Waals surface area contributed by atoms with Crippen LogP contribution in [0.15, 0.2) is 0 Å². The zero-order valence-electron chi connectivity index (χ0n) is 24.0. The normalized spacial score (nSPS) is 33.0. The fourth-order valence-corrected chi connectivity index (χ4v) is 4.89. The third-order valence-electron chi connectivity index (χ3n) is 6.54. The van der Waals surface area contributed by atoms with Gasteiger partial charge in [0.1, 0.15) is 54.9 Å². The van der Waals surface area contributed by atoms with Crippen LogP contribution in [0.3, 0.4) is 0 Å². The molecular weight excluding hydrogens is 600 g/mol. The number of rotatable bonds is 16. The molecule has 2 saturated heterocycles. The molecule has 0 spiro atoms. The number of thioether (sulfide) groups is 1. The van der Waals surface area contributed by atoms with E-state index in [2.05, 4.69) is 10.6 Å². The Hall–Kier alpha value is -1.77. The van der Waals surface area contributed by atoms with Crippen molar-refractivity contribution in [3.63, 3.8) is 0 Å². The predicted octanol–water partition coefficient (Wildman–Crippen LogP) is -4.41. The van der Waals surface area contributed by atoms with Crippen LogP contribution in [0, 0.1) is 0 Å². The summed E-state index contributed by atoms with van der Waals surface area (Å²) >= 11 is 1.50. The molecule has 0 bridgehead atoms. The van der Waals surface area contributed by atoms with Gasteiger partial charge in [-0.3, -0.25) is 9.59 Å². The number of amides is 2. The second kappa shape index (κ2) is 21.1. The van der Waals surface area contributed by atoms with Gasteiger partial charge in [-0.05, 0) is 12.2 Å². The molecule has 2 fully saturated rings. The number of nitrogens with one attached hydrogen (secondary N) is 2. The number of carbonyl (C=O) groups excluding carboxylic acids is 4. The number of ether oxygens (including phenoxy) is 4. The molecule has 17 nitrogen and oxygen atoms in total. The predicted molar refractivity (Wildman–Crippen MR) is 145 cm³/mol. The van der Waals surface area contributed by atoms with Gasteiger partial charge in [-0.15, -0.1) is 0 Å². The van der Waals surface area contributed by atoms with Crippen molar-refractivity contribution < 1.29 is 73.9 Å². The van der Waals surface area contributed by atoms with Gasteiger partial charge >= 0.3 is 6.15 Å². The maximum absolute atomic E-state index is 12.6. The lowest BCUT2D eigenvalue weighted by Crippen LogP contribution is -2.64. The van der Waals surface area contributed by atoms with Gasteiger partial charge in [-0.2, -0.15) is 21.4 Å². The Morgan fingerprint density at radius 2 is 1.51 bits per heavy atom. The van der Waals surface area contributed by atoms with Crippen LogP contribution in [-0.2, 0) is 38.1 Å². The van der Waals surface area contributed by atoms with E-state index in [1.54, 1.807) is 0 Å². The van der Waals surface area contributed by atoms with Gasteiger partial charge in [0, 0.05) is 18.7 Å². The van der Waals surface area contributed by atoms with Crippen LogP contribution in [0.4, 0.5) is 0 Å². The number of aliphatic hydroxyl groups excluding tert-OH is 7. The fourth-order valence-electron chi connectivity index (χ4n) is 4.19. The molecule has 0 radical (unpaired) electrons. The monoisotopic (exact) mass is 644 g/mol.